The van der Waals surface area contributed by atoms with Crippen molar-refractivity contribution in [2.45, 2.75) is 43.5 Å². The first-order valence-electron chi connectivity index (χ1n) is 6.82. The number of sulfonamides is 1. The number of benzene rings is 1. The zero-order chi connectivity index (χ0) is 15.6. The molecule has 116 valence electrons. The van der Waals surface area contributed by atoms with Gasteiger partial charge in [-0.2, -0.15) is 0 Å². The first kappa shape index (κ1) is 16.3. The van der Waals surface area contributed by atoms with Crippen molar-refractivity contribution in [2.75, 3.05) is 0 Å². The van der Waals surface area contributed by atoms with Crippen LogP contribution < -0.4 is 4.72 Å². The Morgan fingerprint density at radius 1 is 1.33 bits per heavy atom. The van der Waals surface area contributed by atoms with Crippen LogP contribution in [0.15, 0.2) is 23.1 Å². The van der Waals surface area contributed by atoms with Crippen molar-refractivity contribution in [3.63, 3.8) is 0 Å². The molecule has 1 aromatic rings. The lowest BCUT2D eigenvalue weighted by molar-refractivity contribution is -0.143. The molecule has 1 aliphatic rings. The predicted molar refractivity (Wildman–Crippen MR) is 79.9 cm³/mol. The number of halogens is 1. The van der Waals surface area contributed by atoms with Gasteiger partial charge < -0.3 is 5.11 Å². The summed E-state index contributed by atoms with van der Waals surface area (Å²) in [5, 5.41) is 9.55. The van der Waals surface area contributed by atoms with E-state index in [1.807, 2.05) is 0 Å². The maximum atomic E-state index is 12.5. The number of aryl methyl sites for hydroxylation is 1. The van der Waals surface area contributed by atoms with Crippen LogP contribution in [0.5, 0.6) is 0 Å². The highest BCUT2D eigenvalue weighted by Gasteiger charge is 2.34. The van der Waals surface area contributed by atoms with Crippen molar-refractivity contribution in [3.05, 3.63) is 28.8 Å². The Morgan fingerprint density at radius 2 is 2.00 bits per heavy atom. The molecule has 0 bridgehead atoms. The molecular weight excluding hydrogens is 314 g/mol. The second-order valence-corrected chi connectivity index (χ2v) is 7.49. The summed E-state index contributed by atoms with van der Waals surface area (Å²) in [6.07, 6.45) is 2.67. The van der Waals surface area contributed by atoms with Crippen molar-refractivity contribution < 1.29 is 18.3 Å². The molecule has 5 nitrogen and oxygen atoms in total. The van der Waals surface area contributed by atoms with Gasteiger partial charge in [0.1, 0.15) is 0 Å². The number of carboxylic acids is 1. The molecule has 0 radical (unpaired) electrons. The van der Waals surface area contributed by atoms with Crippen LogP contribution in [-0.2, 0) is 14.8 Å². The molecule has 0 aromatic heterocycles. The lowest BCUT2D eigenvalue weighted by Gasteiger charge is -2.29. The summed E-state index contributed by atoms with van der Waals surface area (Å²) in [6.45, 7) is 1.68. The van der Waals surface area contributed by atoms with Gasteiger partial charge in [0.05, 0.1) is 10.8 Å². The van der Waals surface area contributed by atoms with E-state index in [4.69, 9.17) is 11.6 Å². The zero-order valence-electron chi connectivity index (χ0n) is 11.7. The number of nitrogens with one attached hydrogen (secondary N) is 1. The molecule has 0 amide bonds. The Labute approximate surface area is 129 Å². The third kappa shape index (κ3) is 3.75. The average Bonchev–Trinajstić information content (AvgIpc) is 2.41. The molecular formula is C14H18ClNO4S. The molecule has 1 aromatic carbocycles. The van der Waals surface area contributed by atoms with E-state index in [0.717, 1.165) is 12.8 Å². The van der Waals surface area contributed by atoms with E-state index in [0.29, 0.717) is 23.4 Å². The van der Waals surface area contributed by atoms with Crippen LogP contribution >= 0.6 is 11.6 Å². The number of carboxylic acid groups (broad SMARTS) is 1. The van der Waals surface area contributed by atoms with E-state index >= 15 is 0 Å². The fourth-order valence-corrected chi connectivity index (χ4v) is 4.51. The summed E-state index contributed by atoms with van der Waals surface area (Å²) in [4.78, 5) is 11.4. The van der Waals surface area contributed by atoms with E-state index in [2.05, 4.69) is 4.72 Å². The lowest BCUT2D eigenvalue weighted by atomic mass is 9.85. The molecule has 1 fully saturated rings. The first-order chi connectivity index (χ1) is 9.81. The molecule has 0 spiro atoms. The molecule has 2 rings (SSSR count). The van der Waals surface area contributed by atoms with Crippen molar-refractivity contribution in [2.24, 2.45) is 5.92 Å². The van der Waals surface area contributed by atoms with Crippen LogP contribution in [0.2, 0.25) is 5.02 Å². The molecule has 7 heteroatoms. The standard InChI is InChI=1S/C14H18ClNO4S/c1-9-6-7-10(15)8-13(9)21(19,20)16-12-5-3-2-4-11(12)14(17)18/h6-8,11-12,16H,2-5H2,1H3,(H,17,18). The molecule has 21 heavy (non-hydrogen) atoms. The van der Waals surface area contributed by atoms with Gasteiger partial charge in [-0.1, -0.05) is 30.5 Å². The van der Waals surface area contributed by atoms with Crippen molar-refractivity contribution in [1.29, 1.82) is 0 Å². The van der Waals surface area contributed by atoms with Gasteiger partial charge in [0, 0.05) is 11.1 Å². The number of carbonyl (C=O) groups is 1. The van der Waals surface area contributed by atoms with E-state index in [-0.39, 0.29) is 4.90 Å². The number of rotatable bonds is 4. The van der Waals surface area contributed by atoms with Crippen molar-refractivity contribution in [1.82, 2.24) is 4.72 Å². The third-order valence-corrected chi connectivity index (χ3v) is 5.70. The Kier molecular flexibility index (Phi) is 4.91. The van der Waals surface area contributed by atoms with Crippen molar-refractivity contribution in [3.8, 4) is 0 Å². The summed E-state index contributed by atoms with van der Waals surface area (Å²) in [5.41, 5.74) is 0.578. The molecule has 0 saturated heterocycles. The van der Waals surface area contributed by atoms with Gasteiger partial charge in [-0.3, -0.25) is 4.79 Å². The van der Waals surface area contributed by atoms with Crippen LogP contribution in [0.3, 0.4) is 0 Å². The summed E-state index contributed by atoms with van der Waals surface area (Å²) in [7, 11) is -3.78. The number of hydrogen-bond donors (Lipinski definition) is 2. The minimum absolute atomic E-state index is 0.102. The number of aliphatic carboxylic acids is 1. The minimum atomic E-state index is -3.78. The lowest BCUT2D eigenvalue weighted by Crippen LogP contribution is -2.45. The second kappa shape index (κ2) is 6.34. The topological polar surface area (TPSA) is 83.5 Å². The molecule has 2 N–H and O–H groups in total. The molecule has 2 atom stereocenters. The van der Waals surface area contributed by atoms with Gasteiger partial charge in [-0.25, -0.2) is 13.1 Å². The maximum absolute atomic E-state index is 12.5. The second-order valence-electron chi connectivity index (χ2n) is 5.37. The summed E-state index contributed by atoms with van der Waals surface area (Å²) < 4.78 is 27.5. The summed E-state index contributed by atoms with van der Waals surface area (Å²) in [5.74, 6) is -1.63. The summed E-state index contributed by atoms with van der Waals surface area (Å²) in [6, 6.07) is 4.07. The van der Waals surface area contributed by atoms with E-state index < -0.39 is 28.0 Å². The van der Waals surface area contributed by atoms with Crippen LogP contribution in [0.1, 0.15) is 31.2 Å². The molecule has 0 aliphatic heterocycles. The molecule has 2 unspecified atom stereocenters. The first-order valence-corrected chi connectivity index (χ1v) is 8.68. The Hall–Kier alpha value is -1.11. The van der Waals surface area contributed by atoms with Crippen LogP contribution in [0.4, 0.5) is 0 Å². The number of hydrogen-bond acceptors (Lipinski definition) is 3. The van der Waals surface area contributed by atoms with Crippen LogP contribution in [0.25, 0.3) is 0 Å². The summed E-state index contributed by atoms with van der Waals surface area (Å²) >= 11 is 5.86. The monoisotopic (exact) mass is 331 g/mol. The fourth-order valence-electron chi connectivity index (χ4n) is 2.69. The Balaban J connectivity index is 2.27. The normalized spacial score (nSPS) is 23.0. The van der Waals surface area contributed by atoms with Gasteiger partial charge in [0.2, 0.25) is 10.0 Å². The van der Waals surface area contributed by atoms with Gasteiger partial charge in [0.15, 0.2) is 0 Å². The highest BCUT2D eigenvalue weighted by molar-refractivity contribution is 7.89. The third-order valence-electron chi connectivity index (χ3n) is 3.83. The molecule has 0 heterocycles. The molecule has 1 saturated carbocycles. The highest BCUT2D eigenvalue weighted by Crippen LogP contribution is 2.27. The highest BCUT2D eigenvalue weighted by atomic mass is 35.5. The largest absolute Gasteiger partial charge is 0.481 e. The quantitative estimate of drug-likeness (QED) is 0.888. The predicted octanol–water partition coefficient (Wildman–Crippen LogP) is 2.57. The average molecular weight is 332 g/mol. The van der Waals surface area contributed by atoms with E-state index in [1.54, 1.807) is 19.1 Å². The Bertz CT molecular complexity index is 644. The SMILES string of the molecule is Cc1ccc(Cl)cc1S(=O)(=O)NC1CCCCC1C(=O)O. The van der Waals surface area contributed by atoms with Gasteiger partial charge >= 0.3 is 5.97 Å². The maximum Gasteiger partial charge on any atom is 0.308 e. The van der Waals surface area contributed by atoms with Gasteiger partial charge in [-0.05, 0) is 37.5 Å². The van der Waals surface area contributed by atoms with E-state index in [1.165, 1.54) is 6.07 Å². The Morgan fingerprint density at radius 3 is 2.67 bits per heavy atom. The van der Waals surface area contributed by atoms with Crippen molar-refractivity contribution >= 4 is 27.6 Å². The van der Waals surface area contributed by atoms with E-state index in [9.17, 15) is 18.3 Å². The molecule has 1 aliphatic carbocycles. The van der Waals surface area contributed by atoms with Crippen LogP contribution in [-0.4, -0.2) is 25.5 Å². The fraction of sp³-hybridized carbons (Fsp3) is 0.500. The van der Waals surface area contributed by atoms with Crippen LogP contribution in [0, 0.1) is 12.8 Å². The zero-order valence-corrected chi connectivity index (χ0v) is 13.2. The minimum Gasteiger partial charge on any atom is -0.481 e. The van der Waals surface area contributed by atoms with Gasteiger partial charge in [0.25, 0.3) is 0 Å². The smallest absolute Gasteiger partial charge is 0.308 e. The van der Waals surface area contributed by atoms with Gasteiger partial charge in [-0.15, -0.1) is 0 Å².